The van der Waals surface area contributed by atoms with Crippen molar-refractivity contribution >= 4 is 21.6 Å². The second-order valence-corrected chi connectivity index (χ2v) is 8.27. The number of rotatable bonds is 7. The molecule has 1 amide bonds. The first-order chi connectivity index (χ1) is 11.7. The number of nitrogens with one attached hydrogen (secondary N) is 2. The van der Waals surface area contributed by atoms with Crippen molar-refractivity contribution in [3.63, 3.8) is 0 Å². The molecule has 25 heavy (non-hydrogen) atoms. The Balaban J connectivity index is 2.19. The van der Waals surface area contributed by atoms with E-state index in [1.165, 1.54) is 6.07 Å². The van der Waals surface area contributed by atoms with Crippen LogP contribution in [-0.2, 0) is 10.0 Å². The van der Waals surface area contributed by atoms with Gasteiger partial charge in [-0.25, -0.2) is 8.42 Å². The predicted molar refractivity (Wildman–Crippen MR) is 101 cm³/mol. The van der Waals surface area contributed by atoms with Gasteiger partial charge in [0, 0.05) is 11.3 Å². The minimum absolute atomic E-state index is 0.0970. The zero-order valence-electron chi connectivity index (χ0n) is 14.7. The van der Waals surface area contributed by atoms with Crippen molar-refractivity contribution < 1.29 is 13.2 Å². The molecular formula is C19H24N2O3S. The van der Waals surface area contributed by atoms with Crippen LogP contribution in [0.4, 0.5) is 5.69 Å². The van der Waals surface area contributed by atoms with Crippen molar-refractivity contribution in [3.05, 3.63) is 65.7 Å². The van der Waals surface area contributed by atoms with Crippen LogP contribution in [0.25, 0.3) is 0 Å². The molecule has 0 aromatic heterocycles. The van der Waals surface area contributed by atoms with Gasteiger partial charge in [-0.05, 0) is 36.1 Å². The normalized spacial score (nSPS) is 12.6. The van der Waals surface area contributed by atoms with Crippen LogP contribution < -0.4 is 10.0 Å². The van der Waals surface area contributed by atoms with Gasteiger partial charge in [0.25, 0.3) is 5.91 Å². The molecule has 2 aromatic carbocycles. The van der Waals surface area contributed by atoms with Crippen LogP contribution in [-0.4, -0.2) is 20.6 Å². The number of sulfonamides is 1. The van der Waals surface area contributed by atoms with Gasteiger partial charge in [-0.15, -0.1) is 0 Å². The molecule has 0 radical (unpaired) electrons. The van der Waals surface area contributed by atoms with Gasteiger partial charge in [0.2, 0.25) is 10.0 Å². The van der Waals surface area contributed by atoms with E-state index in [0.29, 0.717) is 17.2 Å². The molecule has 0 aliphatic carbocycles. The van der Waals surface area contributed by atoms with Crippen LogP contribution in [0.5, 0.6) is 0 Å². The van der Waals surface area contributed by atoms with E-state index in [4.69, 9.17) is 0 Å². The smallest absolute Gasteiger partial charge is 0.251 e. The van der Waals surface area contributed by atoms with Crippen molar-refractivity contribution in [1.29, 1.82) is 0 Å². The first-order valence-electron chi connectivity index (χ1n) is 8.18. The van der Waals surface area contributed by atoms with E-state index in [1.807, 2.05) is 30.3 Å². The number of hydrogen-bond acceptors (Lipinski definition) is 3. The summed E-state index contributed by atoms with van der Waals surface area (Å²) in [4.78, 5) is 12.6. The number of carbonyl (C=O) groups excluding carboxylic acids is 1. The first kappa shape index (κ1) is 19.0. The first-order valence-corrected chi connectivity index (χ1v) is 10.1. The van der Waals surface area contributed by atoms with Gasteiger partial charge < -0.3 is 5.32 Å². The highest BCUT2D eigenvalue weighted by molar-refractivity contribution is 7.92. The van der Waals surface area contributed by atoms with Crippen LogP contribution in [0.1, 0.15) is 42.2 Å². The Kier molecular flexibility index (Phi) is 6.20. The molecule has 1 unspecified atom stereocenters. The summed E-state index contributed by atoms with van der Waals surface area (Å²) in [5.41, 5.74) is 1.84. The summed E-state index contributed by atoms with van der Waals surface area (Å²) >= 11 is 0. The minimum atomic E-state index is -3.38. The Hall–Kier alpha value is -2.34. The molecule has 0 spiro atoms. The highest BCUT2D eigenvalue weighted by Crippen LogP contribution is 2.22. The highest BCUT2D eigenvalue weighted by atomic mass is 32.2. The summed E-state index contributed by atoms with van der Waals surface area (Å²) in [5.74, 6) is 0.190. The van der Waals surface area contributed by atoms with Gasteiger partial charge in [-0.2, -0.15) is 0 Å². The zero-order chi connectivity index (χ0) is 18.4. The molecule has 0 bridgehead atoms. The monoisotopic (exact) mass is 360 g/mol. The SMILES string of the molecule is CC(C)CC(NC(=O)c1cccc(NS(C)(=O)=O)c1)c1ccccc1. The highest BCUT2D eigenvalue weighted by Gasteiger charge is 2.17. The number of anilines is 1. The Labute approximate surface area is 149 Å². The van der Waals surface area contributed by atoms with Crippen LogP contribution >= 0.6 is 0 Å². The third kappa shape index (κ3) is 6.23. The second kappa shape index (κ2) is 8.16. The quantitative estimate of drug-likeness (QED) is 0.792. The summed E-state index contributed by atoms with van der Waals surface area (Å²) in [6.07, 6.45) is 1.89. The van der Waals surface area contributed by atoms with Crippen molar-refractivity contribution in [2.24, 2.45) is 5.92 Å². The van der Waals surface area contributed by atoms with E-state index in [1.54, 1.807) is 18.2 Å². The number of hydrogen-bond donors (Lipinski definition) is 2. The van der Waals surface area contributed by atoms with Gasteiger partial charge in [0.05, 0.1) is 12.3 Å². The lowest BCUT2D eigenvalue weighted by molar-refractivity contribution is 0.0932. The second-order valence-electron chi connectivity index (χ2n) is 6.52. The topological polar surface area (TPSA) is 75.3 Å². The number of amides is 1. The summed E-state index contributed by atoms with van der Waals surface area (Å²) < 4.78 is 25.1. The van der Waals surface area contributed by atoms with Gasteiger partial charge in [0.15, 0.2) is 0 Å². The average Bonchev–Trinajstić information content (AvgIpc) is 2.53. The largest absolute Gasteiger partial charge is 0.345 e. The molecule has 5 nitrogen and oxygen atoms in total. The molecule has 0 saturated carbocycles. The minimum Gasteiger partial charge on any atom is -0.345 e. The van der Waals surface area contributed by atoms with E-state index >= 15 is 0 Å². The van der Waals surface area contributed by atoms with Gasteiger partial charge in [0.1, 0.15) is 0 Å². The van der Waals surface area contributed by atoms with Crippen molar-refractivity contribution in [2.75, 3.05) is 11.0 Å². The van der Waals surface area contributed by atoms with Gasteiger partial charge >= 0.3 is 0 Å². The van der Waals surface area contributed by atoms with Crippen LogP contribution in [0, 0.1) is 5.92 Å². The molecule has 0 aliphatic rings. The predicted octanol–water partition coefficient (Wildman–Crippen LogP) is 3.58. The number of carbonyl (C=O) groups is 1. The Bertz CT molecular complexity index is 818. The maximum Gasteiger partial charge on any atom is 0.251 e. The van der Waals surface area contributed by atoms with Crippen molar-refractivity contribution in [1.82, 2.24) is 5.32 Å². The fourth-order valence-corrected chi connectivity index (χ4v) is 3.17. The maximum atomic E-state index is 12.6. The molecule has 2 rings (SSSR count). The molecule has 134 valence electrons. The lowest BCUT2D eigenvalue weighted by Gasteiger charge is -2.21. The average molecular weight is 360 g/mol. The van der Waals surface area contributed by atoms with Crippen molar-refractivity contribution in [3.8, 4) is 0 Å². The third-order valence-electron chi connectivity index (χ3n) is 3.64. The fraction of sp³-hybridized carbons (Fsp3) is 0.316. The lowest BCUT2D eigenvalue weighted by Crippen LogP contribution is -2.29. The van der Waals surface area contributed by atoms with Crippen LogP contribution in [0.15, 0.2) is 54.6 Å². The molecule has 1 atom stereocenters. The van der Waals surface area contributed by atoms with E-state index < -0.39 is 10.0 Å². The molecular weight excluding hydrogens is 336 g/mol. The lowest BCUT2D eigenvalue weighted by atomic mass is 9.96. The van der Waals surface area contributed by atoms with E-state index in [0.717, 1.165) is 18.2 Å². The van der Waals surface area contributed by atoms with E-state index in [9.17, 15) is 13.2 Å². The molecule has 2 N–H and O–H groups in total. The zero-order valence-corrected chi connectivity index (χ0v) is 15.5. The summed E-state index contributed by atoms with van der Waals surface area (Å²) in [6, 6.07) is 16.2. The summed E-state index contributed by atoms with van der Waals surface area (Å²) in [7, 11) is -3.38. The number of benzene rings is 2. The maximum absolute atomic E-state index is 12.6. The van der Waals surface area contributed by atoms with E-state index in [2.05, 4.69) is 23.9 Å². The van der Waals surface area contributed by atoms with Gasteiger partial charge in [-0.3, -0.25) is 9.52 Å². The standard InChI is InChI=1S/C19H24N2O3S/c1-14(2)12-18(15-8-5-4-6-9-15)20-19(22)16-10-7-11-17(13-16)21-25(3,23)24/h4-11,13-14,18,21H,12H2,1-3H3,(H,20,22). The molecule has 0 saturated heterocycles. The third-order valence-corrected chi connectivity index (χ3v) is 4.25. The molecule has 6 heteroatoms. The molecule has 0 heterocycles. The molecule has 2 aromatic rings. The van der Waals surface area contributed by atoms with Gasteiger partial charge in [-0.1, -0.05) is 50.2 Å². The molecule has 0 aliphatic heterocycles. The Morgan fingerprint density at radius 3 is 2.32 bits per heavy atom. The van der Waals surface area contributed by atoms with E-state index in [-0.39, 0.29) is 11.9 Å². The van der Waals surface area contributed by atoms with Crippen LogP contribution in [0.2, 0.25) is 0 Å². The fourth-order valence-electron chi connectivity index (χ4n) is 2.61. The van der Waals surface area contributed by atoms with Crippen LogP contribution in [0.3, 0.4) is 0 Å². The van der Waals surface area contributed by atoms with Crippen molar-refractivity contribution in [2.45, 2.75) is 26.3 Å². The summed E-state index contributed by atoms with van der Waals surface area (Å²) in [6.45, 7) is 4.22. The Morgan fingerprint density at radius 2 is 1.72 bits per heavy atom. The molecule has 0 fully saturated rings. The Morgan fingerprint density at radius 1 is 1.04 bits per heavy atom. The summed E-state index contributed by atoms with van der Waals surface area (Å²) in [5, 5.41) is 3.05.